The van der Waals surface area contributed by atoms with Gasteiger partial charge in [-0.3, -0.25) is 0 Å². The van der Waals surface area contributed by atoms with Crippen LogP contribution < -0.4 is 10.1 Å². The van der Waals surface area contributed by atoms with E-state index in [0.717, 1.165) is 31.7 Å². The summed E-state index contributed by atoms with van der Waals surface area (Å²) >= 11 is 0. The van der Waals surface area contributed by atoms with Crippen LogP contribution in [0, 0.1) is 0 Å². The van der Waals surface area contributed by atoms with Gasteiger partial charge in [0.15, 0.2) is 0 Å². The standard InChI is InChI=1S/C16H24N2O2/c1-13(2)14-5-7-15(8-6-14)20-12-9-17-16(19)18-10-3-4-11-18/h5-8,13H,3-4,9-12H2,1-2H3,(H,17,19). The minimum atomic E-state index is 0.0289. The van der Waals surface area contributed by atoms with Crippen LogP contribution in [0.2, 0.25) is 0 Å². The molecule has 1 fully saturated rings. The van der Waals surface area contributed by atoms with Crippen molar-refractivity contribution >= 4 is 6.03 Å². The average molecular weight is 276 g/mol. The lowest BCUT2D eigenvalue weighted by Crippen LogP contribution is -2.39. The molecule has 1 aliphatic heterocycles. The highest BCUT2D eigenvalue weighted by Gasteiger charge is 2.16. The second-order valence-electron chi connectivity index (χ2n) is 5.50. The summed E-state index contributed by atoms with van der Waals surface area (Å²) in [5, 5.41) is 2.89. The van der Waals surface area contributed by atoms with Gasteiger partial charge < -0.3 is 15.0 Å². The van der Waals surface area contributed by atoms with E-state index >= 15 is 0 Å². The van der Waals surface area contributed by atoms with Gasteiger partial charge in [-0.2, -0.15) is 0 Å². The number of benzene rings is 1. The third kappa shape index (κ3) is 4.15. The molecule has 0 radical (unpaired) electrons. The molecule has 20 heavy (non-hydrogen) atoms. The van der Waals surface area contributed by atoms with Crippen molar-refractivity contribution < 1.29 is 9.53 Å². The number of likely N-dealkylation sites (tertiary alicyclic amines) is 1. The Morgan fingerprint density at radius 2 is 1.90 bits per heavy atom. The summed E-state index contributed by atoms with van der Waals surface area (Å²) in [5.41, 5.74) is 1.31. The summed E-state index contributed by atoms with van der Waals surface area (Å²) in [6.07, 6.45) is 2.23. The van der Waals surface area contributed by atoms with Crippen LogP contribution in [0.25, 0.3) is 0 Å². The van der Waals surface area contributed by atoms with E-state index < -0.39 is 0 Å². The fraction of sp³-hybridized carbons (Fsp3) is 0.562. The van der Waals surface area contributed by atoms with Crippen molar-refractivity contribution in [3.8, 4) is 5.75 Å². The van der Waals surface area contributed by atoms with E-state index in [1.54, 1.807) is 0 Å². The Hall–Kier alpha value is -1.71. The molecule has 110 valence electrons. The number of hydrogen-bond acceptors (Lipinski definition) is 2. The molecular formula is C16H24N2O2. The van der Waals surface area contributed by atoms with Crippen molar-refractivity contribution in [1.29, 1.82) is 0 Å². The van der Waals surface area contributed by atoms with E-state index in [1.165, 1.54) is 5.56 Å². The number of nitrogens with zero attached hydrogens (tertiary/aromatic N) is 1. The Labute approximate surface area is 121 Å². The van der Waals surface area contributed by atoms with Gasteiger partial charge in [-0.05, 0) is 36.5 Å². The summed E-state index contributed by atoms with van der Waals surface area (Å²) in [7, 11) is 0. The van der Waals surface area contributed by atoms with Crippen molar-refractivity contribution in [3.63, 3.8) is 0 Å². The van der Waals surface area contributed by atoms with Gasteiger partial charge in [-0.1, -0.05) is 26.0 Å². The molecule has 1 saturated heterocycles. The summed E-state index contributed by atoms with van der Waals surface area (Å²) < 4.78 is 5.62. The molecule has 1 N–H and O–H groups in total. The van der Waals surface area contributed by atoms with Gasteiger partial charge in [-0.15, -0.1) is 0 Å². The predicted octanol–water partition coefficient (Wildman–Crippen LogP) is 2.99. The average Bonchev–Trinajstić information content (AvgIpc) is 2.98. The first-order valence-corrected chi connectivity index (χ1v) is 7.42. The van der Waals surface area contributed by atoms with Crippen LogP contribution in [0.15, 0.2) is 24.3 Å². The van der Waals surface area contributed by atoms with Crippen LogP contribution in [-0.2, 0) is 0 Å². The zero-order valence-corrected chi connectivity index (χ0v) is 12.4. The highest BCUT2D eigenvalue weighted by molar-refractivity contribution is 5.74. The number of nitrogens with one attached hydrogen (secondary N) is 1. The van der Waals surface area contributed by atoms with Gasteiger partial charge in [0.2, 0.25) is 0 Å². The maximum Gasteiger partial charge on any atom is 0.317 e. The third-order valence-electron chi connectivity index (χ3n) is 3.59. The molecule has 1 aliphatic rings. The molecule has 0 bridgehead atoms. The molecule has 2 rings (SSSR count). The number of ether oxygens (including phenoxy) is 1. The highest BCUT2D eigenvalue weighted by Crippen LogP contribution is 2.18. The fourth-order valence-electron chi connectivity index (χ4n) is 2.31. The lowest BCUT2D eigenvalue weighted by Gasteiger charge is -2.16. The molecule has 2 amide bonds. The molecule has 4 heteroatoms. The highest BCUT2D eigenvalue weighted by atomic mass is 16.5. The number of carbonyl (C=O) groups excluding carboxylic acids is 1. The molecule has 0 aromatic heterocycles. The molecule has 1 heterocycles. The van der Waals surface area contributed by atoms with Gasteiger partial charge in [0.05, 0.1) is 6.54 Å². The Morgan fingerprint density at radius 1 is 1.25 bits per heavy atom. The summed E-state index contributed by atoms with van der Waals surface area (Å²) in [6, 6.07) is 8.17. The normalized spacial score (nSPS) is 14.7. The Balaban J connectivity index is 1.66. The number of amides is 2. The quantitative estimate of drug-likeness (QED) is 0.840. The van der Waals surface area contributed by atoms with Crippen LogP contribution in [0.5, 0.6) is 5.75 Å². The summed E-state index contributed by atoms with van der Waals surface area (Å²) in [6.45, 7) is 7.14. The van der Waals surface area contributed by atoms with Crippen molar-refractivity contribution in [2.75, 3.05) is 26.2 Å². The van der Waals surface area contributed by atoms with E-state index in [9.17, 15) is 4.79 Å². The number of carbonyl (C=O) groups is 1. The van der Waals surface area contributed by atoms with E-state index in [2.05, 4.69) is 31.3 Å². The first-order chi connectivity index (χ1) is 9.66. The predicted molar refractivity (Wildman–Crippen MR) is 80.2 cm³/mol. The molecule has 0 spiro atoms. The zero-order valence-electron chi connectivity index (χ0n) is 12.4. The summed E-state index contributed by atoms with van der Waals surface area (Å²) in [5.74, 6) is 1.38. The lowest BCUT2D eigenvalue weighted by molar-refractivity contribution is 0.205. The number of urea groups is 1. The van der Waals surface area contributed by atoms with E-state index in [-0.39, 0.29) is 6.03 Å². The fourth-order valence-corrected chi connectivity index (χ4v) is 2.31. The van der Waals surface area contributed by atoms with Gasteiger partial charge >= 0.3 is 6.03 Å². The van der Waals surface area contributed by atoms with Crippen molar-refractivity contribution in [1.82, 2.24) is 10.2 Å². The topological polar surface area (TPSA) is 41.6 Å². The third-order valence-corrected chi connectivity index (χ3v) is 3.59. The molecular weight excluding hydrogens is 252 g/mol. The molecule has 4 nitrogen and oxygen atoms in total. The lowest BCUT2D eigenvalue weighted by atomic mass is 10.0. The summed E-state index contributed by atoms with van der Waals surface area (Å²) in [4.78, 5) is 13.6. The van der Waals surface area contributed by atoms with Gasteiger partial charge in [0.25, 0.3) is 0 Å². The monoisotopic (exact) mass is 276 g/mol. The Kier molecular flexibility index (Phi) is 5.27. The first kappa shape index (κ1) is 14.7. The molecule has 0 unspecified atom stereocenters. The molecule has 0 aliphatic carbocycles. The maximum atomic E-state index is 11.7. The first-order valence-electron chi connectivity index (χ1n) is 7.42. The minimum absolute atomic E-state index is 0.0289. The van der Waals surface area contributed by atoms with Crippen LogP contribution in [-0.4, -0.2) is 37.2 Å². The second kappa shape index (κ2) is 7.17. The minimum Gasteiger partial charge on any atom is -0.492 e. The van der Waals surface area contributed by atoms with E-state index in [4.69, 9.17) is 4.74 Å². The Morgan fingerprint density at radius 3 is 2.50 bits per heavy atom. The largest absolute Gasteiger partial charge is 0.492 e. The van der Waals surface area contributed by atoms with Gasteiger partial charge in [0.1, 0.15) is 12.4 Å². The SMILES string of the molecule is CC(C)c1ccc(OCCNC(=O)N2CCCC2)cc1. The number of rotatable bonds is 5. The van der Waals surface area contributed by atoms with Gasteiger partial charge in [0, 0.05) is 13.1 Å². The molecule has 1 aromatic carbocycles. The van der Waals surface area contributed by atoms with Crippen molar-refractivity contribution in [2.24, 2.45) is 0 Å². The van der Waals surface area contributed by atoms with Crippen molar-refractivity contribution in [2.45, 2.75) is 32.6 Å². The van der Waals surface area contributed by atoms with Crippen LogP contribution in [0.1, 0.15) is 38.2 Å². The van der Waals surface area contributed by atoms with Crippen molar-refractivity contribution in [3.05, 3.63) is 29.8 Å². The maximum absolute atomic E-state index is 11.7. The molecule has 1 aromatic rings. The molecule has 0 atom stereocenters. The Bertz CT molecular complexity index is 423. The zero-order chi connectivity index (χ0) is 14.4. The van der Waals surface area contributed by atoms with E-state index in [1.807, 2.05) is 17.0 Å². The molecule has 0 saturated carbocycles. The van der Waals surface area contributed by atoms with Gasteiger partial charge in [-0.25, -0.2) is 4.79 Å². The van der Waals surface area contributed by atoms with Crippen LogP contribution >= 0.6 is 0 Å². The van der Waals surface area contributed by atoms with E-state index in [0.29, 0.717) is 19.1 Å². The van der Waals surface area contributed by atoms with Crippen LogP contribution in [0.4, 0.5) is 4.79 Å². The second-order valence-corrected chi connectivity index (χ2v) is 5.50. The smallest absolute Gasteiger partial charge is 0.317 e. The van der Waals surface area contributed by atoms with Crippen LogP contribution in [0.3, 0.4) is 0 Å². The number of hydrogen-bond donors (Lipinski definition) is 1.